The van der Waals surface area contributed by atoms with Crippen LogP contribution in [0.2, 0.25) is 0 Å². The Morgan fingerprint density at radius 1 is 1.03 bits per heavy atom. The number of nitrogens with one attached hydrogen (secondary N) is 1. The maximum atomic E-state index is 13.6. The Labute approximate surface area is 168 Å². The lowest BCUT2D eigenvalue weighted by molar-refractivity contribution is -0.119. The van der Waals surface area contributed by atoms with Crippen LogP contribution in [0.5, 0.6) is 0 Å². The molecule has 1 aliphatic rings. The van der Waals surface area contributed by atoms with Crippen LogP contribution in [0.1, 0.15) is 17.3 Å². The minimum absolute atomic E-state index is 0.424. The number of halogens is 2. The molecule has 3 rings (SSSR count). The molecule has 154 valence electrons. The van der Waals surface area contributed by atoms with E-state index < -0.39 is 35.7 Å². The standard InChI is InChI=1S/C21H23F2N3O3/c1-2-25-9-11-26(12-10-25)17-6-4-16(5-7-17)24-20(27)14-29-21(28)18-8-3-15(22)13-19(18)23/h3-8,13H,2,9-12,14H2,1H3,(H,24,27). The molecule has 0 saturated carbocycles. The van der Waals surface area contributed by atoms with Crippen molar-refractivity contribution in [3.63, 3.8) is 0 Å². The fourth-order valence-corrected chi connectivity index (χ4v) is 3.14. The van der Waals surface area contributed by atoms with Gasteiger partial charge in [-0.2, -0.15) is 0 Å². The summed E-state index contributed by atoms with van der Waals surface area (Å²) in [6.07, 6.45) is 0. The van der Waals surface area contributed by atoms with Gasteiger partial charge in [-0.25, -0.2) is 13.6 Å². The van der Waals surface area contributed by atoms with Crippen LogP contribution < -0.4 is 10.2 Å². The number of nitrogens with zero attached hydrogens (tertiary/aromatic N) is 2. The minimum atomic E-state index is -1.04. The van der Waals surface area contributed by atoms with E-state index in [2.05, 4.69) is 22.0 Å². The highest BCUT2D eigenvalue weighted by Gasteiger charge is 2.17. The summed E-state index contributed by atoms with van der Waals surface area (Å²) < 4.78 is 31.2. The Morgan fingerprint density at radius 3 is 2.34 bits per heavy atom. The van der Waals surface area contributed by atoms with E-state index >= 15 is 0 Å². The number of likely N-dealkylation sites (N-methyl/N-ethyl adjacent to an activating group) is 1. The van der Waals surface area contributed by atoms with Crippen molar-refractivity contribution in [2.24, 2.45) is 0 Å². The first kappa shape index (κ1) is 20.7. The summed E-state index contributed by atoms with van der Waals surface area (Å²) >= 11 is 0. The molecule has 0 spiro atoms. The summed E-state index contributed by atoms with van der Waals surface area (Å²) in [6, 6.07) is 9.92. The van der Waals surface area contributed by atoms with Crippen molar-refractivity contribution in [2.75, 3.05) is 49.5 Å². The van der Waals surface area contributed by atoms with Crippen LogP contribution in [-0.2, 0) is 9.53 Å². The Bertz CT molecular complexity index is 866. The van der Waals surface area contributed by atoms with E-state index in [9.17, 15) is 18.4 Å². The van der Waals surface area contributed by atoms with Gasteiger partial charge in [-0.05, 0) is 42.9 Å². The van der Waals surface area contributed by atoms with Gasteiger partial charge in [0.1, 0.15) is 11.6 Å². The number of hydrogen-bond acceptors (Lipinski definition) is 5. The molecule has 2 aromatic carbocycles. The normalized spacial score (nSPS) is 14.5. The zero-order valence-electron chi connectivity index (χ0n) is 16.2. The highest BCUT2D eigenvalue weighted by atomic mass is 19.1. The molecule has 1 fully saturated rings. The molecule has 1 heterocycles. The zero-order chi connectivity index (χ0) is 20.8. The van der Waals surface area contributed by atoms with Gasteiger partial charge in [0.25, 0.3) is 5.91 Å². The molecule has 0 aliphatic carbocycles. The monoisotopic (exact) mass is 403 g/mol. The van der Waals surface area contributed by atoms with Crippen molar-refractivity contribution in [3.05, 3.63) is 59.7 Å². The number of esters is 1. The van der Waals surface area contributed by atoms with Crippen LogP contribution in [0, 0.1) is 11.6 Å². The SMILES string of the molecule is CCN1CCN(c2ccc(NC(=O)COC(=O)c3ccc(F)cc3F)cc2)CC1. The molecule has 8 heteroatoms. The third-order valence-corrected chi connectivity index (χ3v) is 4.82. The maximum Gasteiger partial charge on any atom is 0.341 e. The van der Waals surface area contributed by atoms with E-state index in [1.54, 1.807) is 12.1 Å². The largest absolute Gasteiger partial charge is 0.452 e. The summed E-state index contributed by atoms with van der Waals surface area (Å²) in [5.41, 5.74) is 1.22. The number of ether oxygens (including phenoxy) is 1. The number of anilines is 2. The first-order valence-corrected chi connectivity index (χ1v) is 9.45. The smallest absolute Gasteiger partial charge is 0.341 e. The third kappa shape index (κ3) is 5.51. The summed E-state index contributed by atoms with van der Waals surface area (Å²) in [5, 5.41) is 2.62. The second-order valence-corrected chi connectivity index (χ2v) is 6.72. The Balaban J connectivity index is 1.48. The van der Waals surface area contributed by atoms with Crippen LogP contribution in [0.4, 0.5) is 20.2 Å². The van der Waals surface area contributed by atoms with E-state index in [1.165, 1.54) is 0 Å². The molecule has 1 amide bonds. The van der Waals surface area contributed by atoms with Gasteiger partial charge in [0.05, 0.1) is 5.56 Å². The molecule has 0 bridgehead atoms. The summed E-state index contributed by atoms with van der Waals surface area (Å²) in [7, 11) is 0. The number of hydrogen-bond donors (Lipinski definition) is 1. The van der Waals surface area contributed by atoms with Crippen molar-refractivity contribution in [1.82, 2.24) is 4.90 Å². The molecule has 0 unspecified atom stereocenters. The maximum absolute atomic E-state index is 13.6. The van der Waals surface area contributed by atoms with Crippen LogP contribution in [-0.4, -0.2) is 56.1 Å². The number of rotatable bonds is 6. The topological polar surface area (TPSA) is 61.9 Å². The molecule has 0 atom stereocenters. The lowest BCUT2D eigenvalue weighted by atomic mass is 10.2. The first-order valence-electron chi connectivity index (χ1n) is 9.45. The number of carbonyl (C=O) groups excluding carboxylic acids is 2. The fourth-order valence-electron chi connectivity index (χ4n) is 3.14. The van der Waals surface area contributed by atoms with Gasteiger partial charge in [-0.3, -0.25) is 4.79 Å². The Hall–Kier alpha value is -3.00. The average molecular weight is 403 g/mol. The van der Waals surface area contributed by atoms with Gasteiger partial charge in [0.2, 0.25) is 0 Å². The number of piperazine rings is 1. The molecule has 1 N–H and O–H groups in total. The minimum Gasteiger partial charge on any atom is -0.452 e. The van der Waals surface area contributed by atoms with E-state index in [0.29, 0.717) is 11.8 Å². The number of amides is 1. The first-order chi connectivity index (χ1) is 14.0. The van der Waals surface area contributed by atoms with E-state index in [0.717, 1.165) is 50.5 Å². The molecule has 0 radical (unpaired) electrons. The predicted molar refractivity (Wildman–Crippen MR) is 106 cm³/mol. The van der Waals surface area contributed by atoms with E-state index in [-0.39, 0.29) is 0 Å². The second-order valence-electron chi connectivity index (χ2n) is 6.72. The van der Waals surface area contributed by atoms with E-state index in [4.69, 9.17) is 4.74 Å². The van der Waals surface area contributed by atoms with Crippen LogP contribution in [0.25, 0.3) is 0 Å². The number of benzene rings is 2. The van der Waals surface area contributed by atoms with Crippen molar-refractivity contribution in [2.45, 2.75) is 6.92 Å². The van der Waals surface area contributed by atoms with Crippen LogP contribution >= 0.6 is 0 Å². The van der Waals surface area contributed by atoms with Gasteiger partial charge in [-0.15, -0.1) is 0 Å². The van der Waals surface area contributed by atoms with Gasteiger partial charge in [0.15, 0.2) is 6.61 Å². The third-order valence-electron chi connectivity index (χ3n) is 4.82. The van der Waals surface area contributed by atoms with Crippen LogP contribution in [0.15, 0.2) is 42.5 Å². The van der Waals surface area contributed by atoms with E-state index in [1.807, 2.05) is 12.1 Å². The lowest BCUT2D eigenvalue weighted by Crippen LogP contribution is -2.46. The summed E-state index contributed by atoms with van der Waals surface area (Å²) in [5.74, 6) is -3.41. The molecule has 2 aromatic rings. The fraction of sp³-hybridized carbons (Fsp3) is 0.333. The van der Waals surface area contributed by atoms with Crippen molar-refractivity contribution in [1.29, 1.82) is 0 Å². The molecule has 1 saturated heterocycles. The molecule has 6 nitrogen and oxygen atoms in total. The summed E-state index contributed by atoms with van der Waals surface area (Å²) in [4.78, 5) is 28.5. The van der Waals surface area contributed by atoms with Gasteiger partial charge in [0, 0.05) is 43.6 Å². The van der Waals surface area contributed by atoms with Gasteiger partial charge >= 0.3 is 5.97 Å². The Kier molecular flexibility index (Phi) is 6.77. The summed E-state index contributed by atoms with van der Waals surface area (Å²) in [6.45, 7) is 6.59. The second kappa shape index (κ2) is 9.47. The average Bonchev–Trinajstić information content (AvgIpc) is 2.73. The molecule has 0 aromatic heterocycles. The van der Waals surface area contributed by atoms with Crippen molar-refractivity contribution in [3.8, 4) is 0 Å². The quantitative estimate of drug-likeness (QED) is 0.752. The predicted octanol–water partition coefficient (Wildman–Crippen LogP) is 2.90. The lowest BCUT2D eigenvalue weighted by Gasteiger charge is -2.35. The molecule has 29 heavy (non-hydrogen) atoms. The highest BCUT2D eigenvalue weighted by Crippen LogP contribution is 2.19. The van der Waals surface area contributed by atoms with Crippen molar-refractivity contribution >= 4 is 23.3 Å². The highest BCUT2D eigenvalue weighted by molar-refractivity contribution is 5.95. The van der Waals surface area contributed by atoms with Crippen LogP contribution in [0.3, 0.4) is 0 Å². The molecule has 1 aliphatic heterocycles. The molecular formula is C21H23F2N3O3. The Morgan fingerprint density at radius 2 is 1.72 bits per heavy atom. The number of carbonyl (C=O) groups is 2. The zero-order valence-corrected chi connectivity index (χ0v) is 16.2. The van der Waals surface area contributed by atoms with Gasteiger partial charge < -0.3 is 19.9 Å². The van der Waals surface area contributed by atoms with Gasteiger partial charge in [-0.1, -0.05) is 6.92 Å². The van der Waals surface area contributed by atoms with Crippen molar-refractivity contribution < 1.29 is 23.1 Å². The molecular weight excluding hydrogens is 380 g/mol.